The zero-order valence-electron chi connectivity index (χ0n) is 9.12. The van der Waals surface area contributed by atoms with Crippen LogP contribution < -0.4 is 4.72 Å². The Labute approximate surface area is 115 Å². The van der Waals surface area contributed by atoms with Crippen molar-refractivity contribution in [2.75, 3.05) is 12.4 Å². The summed E-state index contributed by atoms with van der Waals surface area (Å²) in [7, 11) is -3.45. The van der Waals surface area contributed by atoms with Gasteiger partial charge < -0.3 is 0 Å². The van der Waals surface area contributed by atoms with Gasteiger partial charge in [-0.2, -0.15) is 0 Å². The van der Waals surface area contributed by atoms with Crippen molar-refractivity contribution in [3.8, 4) is 0 Å². The van der Waals surface area contributed by atoms with Crippen molar-refractivity contribution in [2.45, 2.75) is 17.7 Å². The first kappa shape index (κ1) is 13.3. The lowest BCUT2D eigenvalue weighted by molar-refractivity contribution is 0.534. The minimum Gasteiger partial charge on any atom is -0.211 e. The van der Waals surface area contributed by atoms with E-state index in [2.05, 4.69) is 20.7 Å². The lowest BCUT2D eigenvalue weighted by atomic mass is 10.1. The number of nitrogens with one attached hydrogen (secondary N) is 1. The average Bonchev–Trinajstić information content (AvgIpc) is 3.08. The van der Waals surface area contributed by atoms with E-state index in [1.807, 2.05) is 0 Å². The molecular weight excluding hydrogens is 326 g/mol. The molecule has 0 heterocycles. The Bertz CT molecular complexity index is 514. The Kier molecular flexibility index (Phi) is 3.83. The van der Waals surface area contributed by atoms with E-state index in [9.17, 15) is 8.42 Å². The lowest BCUT2D eigenvalue weighted by Gasteiger charge is -2.13. The Morgan fingerprint density at radius 1 is 1.35 bits per heavy atom. The molecule has 0 aromatic heterocycles. The summed E-state index contributed by atoms with van der Waals surface area (Å²) < 4.78 is 27.3. The largest absolute Gasteiger partial charge is 0.241 e. The monoisotopic (exact) mass is 337 g/mol. The van der Waals surface area contributed by atoms with E-state index in [1.54, 1.807) is 24.3 Å². The second-order valence-corrected chi connectivity index (χ2v) is 7.25. The van der Waals surface area contributed by atoms with Crippen LogP contribution in [0.1, 0.15) is 12.8 Å². The Morgan fingerprint density at radius 3 is 2.53 bits per heavy atom. The molecule has 0 saturated heterocycles. The maximum absolute atomic E-state index is 12.1. The zero-order valence-corrected chi connectivity index (χ0v) is 12.3. The number of sulfonamides is 1. The van der Waals surface area contributed by atoms with E-state index in [1.165, 1.54) is 0 Å². The molecule has 1 saturated carbocycles. The molecule has 0 atom stereocenters. The molecule has 17 heavy (non-hydrogen) atoms. The maximum atomic E-state index is 12.1. The molecule has 1 aliphatic rings. The third-order valence-corrected chi connectivity index (χ3v) is 5.98. The van der Waals surface area contributed by atoms with E-state index in [-0.39, 0.29) is 10.3 Å². The average molecular weight is 339 g/mol. The normalized spacial score (nSPS) is 18.0. The van der Waals surface area contributed by atoms with E-state index < -0.39 is 10.0 Å². The van der Waals surface area contributed by atoms with Crippen LogP contribution in [0.15, 0.2) is 33.6 Å². The topological polar surface area (TPSA) is 46.2 Å². The molecule has 2 rings (SSSR count). The highest BCUT2D eigenvalue weighted by Crippen LogP contribution is 2.46. The first-order valence-electron chi connectivity index (χ1n) is 5.29. The molecule has 0 aliphatic heterocycles. The first-order chi connectivity index (χ1) is 7.99. The van der Waals surface area contributed by atoms with Crippen LogP contribution in [-0.2, 0) is 10.0 Å². The number of benzene rings is 1. The standard InChI is InChI=1S/C11H13BrClNO2S/c12-9-3-1-2-4-10(9)17(15,16)14-8-11(7-13)5-6-11/h1-4,14H,5-8H2. The van der Waals surface area contributed by atoms with Gasteiger partial charge in [0.15, 0.2) is 0 Å². The van der Waals surface area contributed by atoms with Crippen molar-refractivity contribution in [1.29, 1.82) is 0 Å². The van der Waals surface area contributed by atoms with Crippen LogP contribution in [-0.4, -0.2) is 20.8 Å². The van der Waals surface area contributed by atoms with E-state index >= 15 is 0 Å². The Morgan fingerprint density at radius 2 is 2.00 bits per heavy atom. The molecule has 0 unspecified atom stereocenters. The van der Waals surface area contributed by atoms with Gasteiger partial charge in [0.1, 0.15) is 0 Å². The zero-order chi connectivity index (χ0) is 12.5. The molecular formula is C11H13BrClNO2S. The van der Waals surface area contributed by atoms with Gasteiger partial charge in [-0.05, 0) is 46.3 Å². The first-order valence-corrected chi connectivity index (χ1v) is 8.10. The van der Waals surface area contributed by atoms with E-state index in [0.717, 1.165) is 12.8 Å². The van der Waals surface area contributed by atoms with Crippen molar-refractivity contribution in [1.82, 2.24) is 4.72 Å². The Balaban J connectivity index is 2.12. The number of hydrogen-bond acceptors (Lipinski definition) is 2. The van der Waals surface area contributed by atoms with Gasteiger partial charge in [0, 0.05) is 16.9 Å². The molecule has 1 fully saturated rings. The minimum absolute atomic E-state index is 0.0180. The van der Waals surface area contributed by atoms with Gasteiger partial charge in [-0.15, -0.1) is 11.6 Å². The summed E-state index contributed by atoms with van der Waals surface area (Å²) in [5, 5.41) is 0. The smallest absolute Gasteiger partial charge is 0.211 e. The lowest BCUT2D eigenvalue weighted by Crippen LogP contribution is -2.31. The van der Waals surface area contributed by atoms with Gasteiger partial charge >= 0.3 is 0 Å². The summed E-state index contributed by atoms with van der Waals surface area (Å²) in [4.78, 5) is 0.269. The number of rotatable bonds is 5. The van der Waals surface area contributed by atoms with Crippen molar-refractivity contribution in [2.24, 2.45) is 5.41 Å². The molecule has 3 nitrogen and oxygen atoms in total. The van der Waals surface area contributed by atoms with Crippen LogP contribution >= 0.6 is 27.5 Å². The van der Waals surface area contributed by atoms with Crippen molar-refractivity contribution in [3.63, 3.8) is 0 Å². The maximum Gasteiger partial charge on any atom is 0.241 e. The molecule has 94 valence electrons. The highest BCUT2D eigenvalue weighted by atomic mass is 79.9. The summed E-state index contributed by atoms with van der Waals surface area (Å²) in [6.45, 7) is 0.417. The fraction of sp³-hybridized carbons (Fsp3) is 0.455. The summed E-state index contributed by atoms with van der Waals surface area (Å²) in [6, 6.07) is 6.77. The molecule has 1 aromatic carbocycles. The van der Waals surface area contributed by atoms with Gasteiger partial charge in [-0.3, -0.25) is 0 Å². The molecule has 0 radical (unpaired) electrons. The van der Waals surface area contributed by atoms with Crippen LogP contribution in [0.5, 0.6) is 0 Å². The third-order valence-electron chi connectivity index (χ3n) is 3.00. The molecule has 1 N–H and O–H groups in total. The fourth-order valence-electron chi connectivity index (χ4n) is 1.52. The van der Waals surface area contributed by atoms with Gasteiger partial charge in [0.05, 0.1) is 4.90 Å². The summed E-state index contributed by atoms with van der Waals surface area (Å²) in [5.41, 5.74) is -0.0180. The van der Waals surface area contributed by atoms with Gasteiger partial charge in [-0.1, -0.05) is 12.1 Å². The second-order valence-electron chi connectivity index (χ2n) is 4.39. The van der Waals surface area contributed by atoms with E-state index in [4.69, 9.17) is 11.6 Å². The number of hydrogen-bond donors (Lipinski definition) is 1. The second kappa shape index (κ2) is 4.88. The summed E-state index contributed by atoms with van der Waals surface area (Å²) in [5.74, 6) is 0.505. The number of halogens is 2. The minimum atomic E-state index is -3.45. The predicted octanol–water partition coefficient (Wildman–Crippen LogP) is 2.75. The highest BCUT2D eigenvalue weighted by molar-refractivity contribution is 9.10. The van der Waals surface area contributed by atoms with Crippen LogP contribution in [0, 0.1) is 5.41 Å². The third kappa shape index (κ3) is 3.02. The molecule has 0 bridgehead atoms. The molecule has 0 amide bonds. The van der Waals surface area contributed by atoms with E-state index in [0.29, 0.717) is 16.9 Å². The summed E-state index contributed by atoms with van der Waals surface area (Å²) >= 11 is 9.06. The summed E-state index contributed by atoms with van der Waals surface area (Å²) in [6.07, 6.45) is 1.99. The Hall–Kier alpha value is -0.100. The van der Waals surface area contributed by atoms with Crippen LogP contribution in [0.4, 0.5) is 0 Å². The number of alkyl halides is 1. The fourth-order valence-corrected chi connectivity index (χ4v) is 4.04. The molecule has 1 aromatic rings. The van der Waals surface area contributed by atoms with Crippen molar-refractivity contribution < 1.29 is 8.42 Å². The SMILES string of the molecule is O=S(=O)(NCC1(CCl)CC1)c1ccccc1Br. The van der Waals surface area contributed by atoms with Crippen LogP contribution in [0.3, 0.4) is 0 Å². The molecule has 1 aliphatic carbocycles. The molecule has 6 heteroatoms. The van der Waals surface area contributed by atoms with Crippen LogP contribution in [0.2, 0.25) is 0 Å². The molecule has 0 spiro atoms. The highest BCUT2D eigenvalue weighted by Gasteiger charge is 2.42. The van der Waals surface area contributed by atoms with Gasteiger partial charge in [-0.25, -0.2) is 13.1 Å². The van der Waals surface area contributed by atoms with Gasteiger partial charge in [0.2, 0.25) is 10.0 Å². The van der Waals surface area contributed by atoms with Crippen LogP contribution in [0.25, 0.3) is 0 Å². The van der Waals surface area contributed by atoms with Crippen molar-refractivity contribution in [3.05, 3.63) is 28.7 Å². The van der Waals surface area contributed by atoms with Gasteiger partial charge in [0.25, 0.3) is 0 Å². The van der Waals surface area contributed by atoms with Crippen molar-refractivity contribution >= 4 is 37.6 Å². The quantitative estimate of drug-likeness (QED) is 0.839. The predicted molar refractivity (Wildman–Crippen MR) is 71.7 cm³/mol.